The van der Waals surface area contributed by atoms with Gasteiger partial charge in [-0.1, -0.05) is 15.9 Å². The molecule has 2 N–H and O–H groups in total. The maximum Gasteiger partial charge on any atom is 0.244 e. The summed E-state index contributed by atoms with van der Waals surface area (Å²) in [6.07, 6.45) is -1.33. The first-order valence-corrected chi connectivity index (χ1v) is 11.4. The smallest absolute Gasteiger partial charge is 0.244 e. The maximum atomic E-state index is 12.9. The molecule has 0 aromatic heterocycles. The molecule has 0 bridgehead atoms. The van der Waals surface area contributed by atoms with E-state index >= 15 is 0 Å². The van der Waals surface area contributed by atoms with Crippen molar-refractivity contribution in [3.8, 4) is 0 Å². The number of hydrogen-bond donors (Lipinski definition) is 2. The molecule has 1 fully saturated rings. The van der Waals surface area contributed by atoms with Gasteiger partial charge in [0.25, 0.3) is 0 Å². The van der Waals surface area contributed by atoms with Crippen molar-refractivity contribution in [2.75, 3.05) is 24.7 Å². The van der Waals surface area contributed by atoms with E-state index in [1.807, 2.05) is 0 Å². The largest absolute Gasteiger partial charge is 0.395 e. The zero-order valence-corrected chi connectivity index (χ0v) is 16.6. The average molecular weight is 493 g/mol. The Kier molecular flexibility index (Phi) is 5.92. The van der Waals surface area contributed by atoms with Crippen LogP contribution in [0.2, 0.25) is 0 Å². The van der Waals surface area contributed by atoms with Crippen molar-refractivity contribution in [2.45, 2.75) is 17.0 Å². The van der Waals surface area contributed by atoms with E-state index in [0.29, 0.717) is 8.95 Å². The number of benzene rings is 1. The molecule has 1 aromatic rings. The summed E-state index contributed by atoms with van der Waals surface area (Å²) in [6.45, 7) is -0.799. The molecule has 1 saturated heterocycles. The Bertz CT molecular complexity index is 796. The van der Waals surface area contributed by atoms with E-state index in [-0.39, 0.29) is 11.4 Å². The minimum Gasteiger partial charge on any atom is -0.395 e. The van der Waals surface area contributed by atoms with E-state index in [9.17, 15) is 27.0 Å². The van der Waals surface area contributed by atoms with Crippen molar-refractivity contribution in [1.29, 1.82) is 0 Å². The van der Waals surface area contributed by atoms with Gasteiger partial charge in [-0.15, -0.1) is 0 Å². The van der Waals surface area contributed by atoms with Crippen LogP contribution in [0.5, 0.6) is 0 Å². The topological polar surface area (TPSA) is 112 Å². The van der Waals surface area contributed by atoms with Crippen LogP contribution < -0.4 is 0 Å². The fraction of sp³-hybridized carbons (Fsp3) is 0.500. The Morgan fingerprint density at radius 1 is 1.26 bits per heavy atom. The molecular weight excluding hydrogens is 478 g/mol. The fourth-order valence-electron chi connectivity index (χ4n) is 2.45. The number of halogens is 2. The number of hydrogen-bond acceptors (Lipinski definition) is 6. The zero-order chi connectivity index (χ0) is 17.4. The predicted octanol–water partition coefficient (Wildman–Crippen LogP) is 0.352. The first kappa shape index (κ1) is 19.3. The van der Waals surface area contributed by atoms with Crippen LogP contribution in [0.15, 0.2) is 32.0 Å². The van der Waals surface area contributed by atoms with Crippen molar-refractivity contribution >= 4 is 51.7 Å². The number of rotatable bonds is 5. The number of sulfone groups is 1. The first-order chi connectivity index (χ1) is 10.6. The van der Waals surface area contributed by atoms with Gasteiger partial charge in [-0.3, -0.25) is 0 Å². The summed E-state index contributed by atoms with van der Waals surface area (Å²) in [7, 11) is -7.64. The standard InChI is InChI=1S/C12H15Br2NO6S2/c13-8-1-2-9(14)12(5-8)23(20,21)15(3-4-16)10-6-22(18,19)7-11(10)17/h1-2,5,10-11,16-17H,3-4,6-7H2/t10-,11-/m0/s1. The van der Waals surface area contributed by atoms with Gasteiger partial charge in [0.05, 0.1) is 35.2 Å². The third-order valence-electron chi connectivity index (χ3n) is 3.46. The van der Waals surface area contributed by atoms with Gasteiger partial charge >= 0.3 is 0 Å². The van der Waals surface area contributed by atoms with Crippen molar-refractivity contribution in [3.63, 3.8) is 0 Å². The second-order valence-corrected chi connectivity index (χ2v) is 10.9. The Morgan fingerprint density at radius 2 is 1.91 bits per heavy atom. The molecule has 1 aliphatic rings. The van der Waals surface area contributed by atoms with Crippen LogP contribution in [0, 0.1) is 0 Å². The highest BCUT2D eigenvalue weighted by Crippen LogP contribution is 2.31. The molecule has 0 spiro atoms. The number of aliphatic hydroxyl groups excluding tert-OH is 2. The summed E-state index contributed by atoms with van der Waals surface area (Å²) in [5.74, 6) is -0.964. The van der Waals surface area contributed by atoms with Gasteiger partial charge in [0, 0.05) is 15.5 Å². The third kappa shape index (κ3) is 4.14. The molecule has 23 heavy (non-hydrogen) atoms. The van der Waals surface area contributed by atoms with Crippen LogP contribution in [-0.2, 0) is 19.9 Å². The van der Waals surface area contributed by atoms with Crippen molar-refractivity contribution < 1.29 is 27.0 Å². The molecule has 130 valence electrons. The van der Waals surface area contributed by atoms with E-state index in [4.69, 9.17) is 0 Å². The van der Waals surface area contributed by atoms with Crippen LogP contribution in [0.3, 0.4) is 0 Å². The lowest BCUT2D eigenvalue weighted by Crippen LogP contribution is -2.47. The molecular formula is C12H15Br2NO6S2. The maximum absolute atomic E-state index is 12.9. The average Bonchev–Trinajstić information content (AvgIpc) is 2.71. The second-order valence-electron chi connectivity index (χ2n) is 5.13. The van der Waals surface area contributed by atoms with Gasteiger partial charge in [0.15, 0.2) is 9.84 Å². The molecule has 7 nitrogen and oxygen atoms in total. The normalized spacial score (nSPS) is 24.2. The second kappa shape index (κ2) is 7.06. The molecule has 1 aliphatic heterocycles. The summed E-state index contributed by atoms with van der Waals surface area (Å²) < 4.78 is 50.9. The minimum atomic E-state index is -4.11. The van der Waals surface area contributed by atoms with Crippen LogP contribution in [0.1, 0.15) is 0 Å². The molecule has 1 heterocycles. The third-order valence-corrected chi connectivity index (χ3v) is 8.57. The number of sulfonamides is 1. The van der Waals surface area contributed by atoms with Gasteiger partial charge < -0.3 is 10.2 Å². The highest BCUT2D eigenvalue weighted by atomic mass is 79.9. The summed E-state index contributed by atoms with van der Waals surface area (Å²) in [5.41, 5.74) is 0. The van der Waals surface area contributed by atoms with Gasteiger partial charge in [0.2, 0.25) is 10.0 Å². The minimum absolute atomic E-state index is 0.0724. The summed E-state index contributed by atoms with van der Waals surface area (Å²) in [4.78, 5) is -0.0724. The van der Waals surface area contributed by atoms with E-state index in [0.717, 1.165) is 4.31 Å². The molecule has 2 rings (SSSR count). The Labute approximate surface area is 151 Å². The van der Waals surface area contributed by atoms with Crippen LogP contribution in [0.4, 0.5) is 0 Å². The highest BCUT2D eigenvalue weighted by Gasteiger charge is 2.44. The fourth-order valence-corrected chi connectivity index (χ4v) is 7.45. The van der Waals surface area contributed by atoms with Crippen LogP contribution >= 0.6 is 31.9 Å². The molecule has 0 radical (unpaired) electrons. The Balaban J connectivity index is 2.50. The molecule has 1 aromatic carbocycles. The molecule has 0 saturated carbocycles. The van der Waals surface area contributed by atoms with Crippen LogP contribution in [0.25, 0.3) is 0 Å². The summed E-state index contributed by atoms with van der Waals surface area (Å²) in [6, 6.07) is 3.44. The monoisotopic (exact) mass is 491 g/mol. The van der Waals surface area contributed by atoms with E-state index in [2.05, 4.69) is 31.9 Å². The molecule has 2 atom stereocenters. The predicted molar refractivity (Wildman–Crippen MR) is 91.3 cm³/mol. The number of nitrogens with zero attached hydrogens (tertiary/aromatic N) is 1. The molecule has 0 aliphatic carbocycles. The van der Waals surface area contributed by atoms with Crippen molar-refractivity contribution in [3.05, 3.63) is 27.1 Å². The van der Waals surface area contributed by atoms with E-state index in [1.54, 1.807) is 6.07 Å². The van der Waals surface area contributed by atoms with Crippen molar-refractivity contribution in [1.82, 2.24) is 4.31 Å². The molecule has 0 amide bonds. The van der Waals surface area contributed by atoms with E-state index < -0.39 is 50.1 Å². The van der Waals surface area contributed by atoms with Crippen molar-refractivity contribution in [2.24, 2.45) is 0 Å². The summed E-state index contributed by atoms with van der Waals surface area (Å²) >= 11 is 6.35. The van der Waals surface area contributed by atoms with Gasteiger partial charge in [-0.25, -0.2) is 16.8 Å². The van der Waals surface area contributed by atoms with Gasteiger partial charge in [-0.2, -0.15) is 4.31 Å². The summed E-state index contributed by atoms with van der Waals surface area (Å²) in [5, 5.41) is 19.2. The van der Waals surface area contributed by atoms with Crippen LogP contribution in [-0.4, -0.2) is 68.2 Å². The zero-order valence-electron chi connectivity index (χ0n) is 11.8. The lowest BCUT2D eigenvalue weighted by atomic mass is 10.2. The quantitative estimate of drug-likeness (QED) is 0.613. The van der Waals surface area contributed by atoms with E-state index in [1.165, 1.54) is 12.1 Å². The lowest BCUT2D eigenvalue weighted by molar-refractivity contribution is 0.117. The molecule has 11 heteroatoms. The highest BCUT2D eigenvalue weighted by molar-refractivity contribution is 9.11. The SMILES string of the molecule is O=S1(=O)C[C@H](O)[C@@H](N(CCO)S(=O)(=O)c2cc(Br)ccc2Br)C1. The number of aliphatic hydroxyl groups is 2. The molecule has 0 unspecified atom stereocenters. The Hall–Kier alpha value is -0.0400. The lowest BCUT2D eigenvalue weighted by Gasteiger charge is -2.29. The Morgan fingerprint density at radius 3 is 2.43 bits per heavy atom. The van der Waals surface area contributed by atoms with Gasteiger partial charge in [0.1, 0.15) is 0 Å². The van der Waals surface area contributed by atoms with Gasteiger partial charge in [-0.05, 0) is 34.1 Å². The first-order valence-electron chi connectivity index (χ1n) is 6.55.